The molecule has 1 saturated carbocycles. The third-order valence-corrected chi connectivity index (χ3v) is 3.77. The van der Waals surface area contributed by atoms with Crippen LogP contribution in [0.1, 0.15) is 38.2 Å². The maximum atomic E-state index is 8.70. The summed E-state index contributed by atoms with van der Waals surface area (Å²) in [4.78, 5) is 4.13. The predicted octanol–water partition coefficient (Wildman–Crippen LogP) is 2.79. The van der Waals surface area contributed by atoms with Gasteiger partial charge in [-0.1, -0.05) is 30.1 Å². The number of ether oxygens (including phenoxy) is 1. The van der Waals surface area contributed by atoms with Crippen molar-refractivity contribution in [1.29, 1.82) is 0 Å². The van der Waals surface area contributed by atoms with E-state index in [4.69, 9.17) is 27.3 Å². The van der Waals surface area contributed by atoms with E-state index in [1.165, 1.54) is 6.42 Å². The second kappa shape index (κ2) is 6.10. The number of pyridine rings is 1. The summed E-state index contributed by atoms with van der Waals surface area (Å²) in [6.45, 7) is 2.22. The van der Waals surface area contributed by atoms with Crippen molar-refractivity contribution in [2.24, 2.45) is 16.8 Å². The van der Waals surface area contributed by atoms with Gasteiger partial charge in [-0.25, -0.2) is 4.98 Å². The Morgan fingerprint density at radius 1 is 1.58 bits per heavy atom. The quantitative estimate of drug-likeness (QED) is 0.387. The third kappa shape index (κ3) is 3.29. The van der Waals surface area contributed by atoms with Gasteiger partial charge in [0, 0.05) is 11.8 Å². The van der Waals surface area contributed by atoms with Gasteiger partial charge in [0.15, 0.2) is 5.84 Å². The first kappa shape index (κ1) is 13.9. The predicted molar refractivity (Wildman–Crippen MR) is 73.8 cm³/mol. The fourth-order valence-electron chi connectivity index (χ4n) is 2.40. The Morgan fingerprint density at radius 2 is 2.37 bits per heavy atom. The van der Waals surface area contributed by atoms with Crippen LogP contribution in [0.25, 0.3) is 0 Å². The lowest BCUT2D eigenvalue weighted by molar-refractivity contribution is 0.124. The van der Waals surface area contributed by atoms with Crippen LogP contribution < -0.4 is 10.5 Å². The first-order valence-corrected chi connectivity index (χ1v) is 6.78. The van der Waals surface area contributed by atoms with Gasteiger partial charge in [-0.05, 0) is 31.2 Å². The molecule has 1 heterocycles. The van der Waals surface area contributed by atoms with Crippen molar-refractivity contribution >= 4 is 17.4 Å². The maximum Gasteiger partial charge on any atom is 0.233 e. The number of hydrogen-bond donors (Lipinski definition) is 2. The van der Waals surface area contributed by atoms with Gasteiger partial charge in [-0.3, -0.25) is 0 Å². The molecular weight excluding hydrogens is 266 g/mol. The molecular formula is C13H18ClN3O2. The van der Waals surface area contributed by atoms with Gasteiger partial charge in [-0.2, -0.15) is 0 Å². The highest BCUT2D eigenvalue weighted by atomic mass is 35.5. The van der Waals surface area contributed by atoms with E-state index < -0.39 is 0 Å². The second-order valence-electron chi connectivity index (χ2n) is 4.97. The molecule has 0 amide bonds. The van der Waals surface area contributed by atoms with Crippen molar-refractivity contribution in [2.75, 3.05) is 0 Å². The Bertz CT molecular complexity index is 479. The van der Waals surface area contributed by atoms with E-state index in [0.717, 1.165) is 19.3 Å². The largest absolute Gasteiger partial charge is 0.473 e. The molecule has 2 atom stereocenters. The molecule has 1 aliphatic carbocycles. The van der Waals surface area contributed by atoms with E-state index in [1.54, 1.807) is 12.3 Å². The Balaban J connectivity index is 2.16. The number of hydrogen-bond acceptors (Lipinski definition) is 4. The molecule has 1 fully saturated rings. The van der Waals surface area contributed by atoms with Crippen molar-refractivity contribution in [3.63, 3.8) is 0 Å². The Labute approximate surface area is 117 Å². The van der Waals surface area contributed by atoms with Gasteiger partial charge in [0.05, 0.1) is 0 Å². The maximum absolute atomic E-state index is 8.70. The van der Waals surface area contributed by atoms with E-state index in [0.29, 0.717) is 17.4 Å². The summed E-state index contributed by atoms with van der Waals surface area (Å²) in [7, 11) is 0. The van der Waals surface area contributed by atoms with Gasteiger partial charge in [-0.15, -0.1) is 0 Å². The Morgan fingerprint density at radius 3 is 3.05 bits per heavy atom. The molecule has 2 unspecified atom stereocenters. The lowest BCUT2D eigenvalue weighted by Gasteiger charge is -2.27. The van der Waals surface area contributed by atoms with Crippen LogP contribution in [0, 0.1) is 5.92 Å². The first-order valence-electron chi connectivity index (χ1n) is 6.41. The molecule has 0 aromatic carbocycles. The van der Waals surface area contributed by atoms with Crippen molar-refractivity contribution in [2.45, 2.75) is 38.7 Å². The lowest BCUT2D eigenvalue weighted by atomic mass is 9.89. The number of aromatic nitrogens is 1. The summed E-state index contributed by atoms with van der Waals surface area (Å²) in [5, 5.41) is 11.9. The monoisotopic (exact) mass is 283 g/mol. The molecule has 0 bridgehead atoms. The highest BCUT2D eigenvalue weighted by Crippen LogP contribution is 2.31. The molecule has 2 rings (SSSR count). The average molecular weight is 284 g/mol. The molecule has 0 saturated heterocycles. The van der Waals surface area contributed by atoms with E-state index in [9.17, 15) is 0 Å². The van der Waals surface area contributed by atoms with Crippen LogP contribution in [-0.2, 0) is 0 Å². The highest BCUT2D eigenvalue weighted by Gasteiger charge is 2.22. The molecule has 5 nitrogen and oxygen atoms in total. The molecule has 3 N–H and O–H groups in total. The Kier molecular flexibility index (Phi) is 4.47. The number of nitrogens with two attached hydrogens (primary N) is 1. The zero-order valence-electron chi connectivity index (χ0n) is 10.8. The van der Waals surface area contributed by atoms with Crippen molar-refractivity contribution in [3.8, 4) is 5.88 Å². The molecule has 6 heteroatoms. The Hall–Kier alpha value is -1.49. The third-order valence-electron chi connectivity index (χ3n) is 3.41. The summed E-state index contributed by atoms with van der Waals surface area (Å²) in [5.74, 6) is 0.962. The van der Waals surface area contributed by atoms with Gasteiger partial charge < -0.3 is 15.7 Å². The zero-order valence-corrected chi connectivity index (χ0v) is 11.6. The van der Waals surface area contributed by atoms with Crippen molar-refractivity contribution in [3.05, 3.63) is 22.8 Å². The number of nitrogens with zero attached hydrogens (tertiary/aromatic N) is 2. The molecule has 104 valence electrons. The fraction of sp³-hybridized carbons (Fsp3) is 0.538. The van der Waals surface area contributed by atoms with Crippen LogP contribution in [0.2, 0.25) is 5.02 Å². The van der Waals surface area contributed by atoms with Crippen LogP contribution >= 0.6 is 11.6 Å². The summed E-state index contributed by atoms with van der Waals surface area (Å²) >= 11 is 6.18. The van der Waals surface area contributed by atoms with E-state index >= 15 is 0 Å². The summed E-state index contributed by atoms with van der Waals surface area (Å²) in [6, 6.07) is 1.59. The van der Waals surface area contributed by atoms with Crippen LogP contribution in [0.4, 0.5) is 0 Å². The number of halogens is 1. The van der Waals surface area contributed by atoms with Crippen LogP contribution in [0.5, 0.6) is 5.88 Å². The van der Waals surface area contributed by atoms with Gasteiger partial charge in [0.25, 0.3) is 0 Å². The minimum Gasteiger partial charge on any atom is -0.473 e. The van der Waals surface area contributed by atoms with Crippen molar-refractivity contribution < 1.29 is 9.94 Å². The molecule has 0 aliphatic heterocycles. The molecule has 0 radical (unpaired) electrons. The van der Waals surface area contributed by atoms with Crippen LogP contribution in [0.15, 0.2) is 17.4 Å². The molecule has 19 heavy (non-hydrogen) atoms. The molecule has 1 aliphatic rings. The average Bonchev–Trinajstić information content (AvgIpc) is 2.40. The van der Waals surface area contributed by atoms with E-state index in [1.807, 2.05) is 0 Å². The zero-order chi connectivity index (χ0) is 13.8. The summed E-state index contributed by atoms with van der Waals surface area (Å²) < 4.78 is 5.86. The van der Waals surface area contributed by atoms with Crippen LogP contribution in [-0.4, -0.2) is 22.1 Å². The fourth-order valence-corrected chi connectivity index (χ4v) is 2.65. The SMILES string of the molecule is CC1CCCC(Oc2nccc(/C(N)=N/O)c2Cl)C1. The standard InChI is InChI=1S/C13H18ClN3O2/c1-8-3-2-4-9(7-8)19-13-11(14)10(5-6-16-13)12(15)17-18/h5-6,8-9,18H,2-4,7H2,1H3,(H2,15,17). The minimum atomic E-state index is -0.0470. The topological polar surface area (TPSA) is 80.7 Å². The number of oxime groups is 1. The molecule has 1 aromatic rings. The lowest BCUT2D eigenvalue weighted by Crippen LogP contribution is -2.25. The van der Waals surface area contributed by atoms with Crippen LogP contribution in [0.3, 0.4) is 0 Å². The van der Waals surface area contributed by atoms with Gasteiger partial charge in [0.2, 0.25) is 5.88 Å². The van der Waals surface area contributed by atoms with E-state index in [-0.39, 0.29) is 17.0 Å². The molecule has 1 aromatic heterocycles. The number of rotatable bonds is 3. The normalized spacial score (nSPS) is 24.2. The summed E-state index contributed by atoms with van der Waals surface area (Å²) in [5.41, 5.74) is 5.98. The smallest absolute Gasteiger partial charge is 0.233 e. The van der Waals surface area contributed by atoms with Gasteiger partial charge in [0.1, 0.15) is 11.1 Å². The van der Waals surface area contributed by atoms with Gasteiger partial charge >= 0.3 is 0 Å². The van der Waals surface area contributed by atoms with Crippen molar-refractivity contribution in [1.82, 2.24) is 4.98 Å². The first-order chi connectivity index (χ1) is 9.11. The number of amidine groups is 1. The highest BCUT2D eigenvalue weighted by molar-refractivity contribution is 6.35. The van der Waals surface area contributed by atoms with E-state index in [2.05, 4.69) is 17.1 Å². The second-order valence-corrected chi connectivity index (χ2v) is 5.35. The summed E-state index contributed by atoms with van der Waals surface area (Å²) in [6.07, 6.45) is 6.09. The minimum absolute atomic E-state index is 0.0470. The molecule has 0 spiro atoms.